The Morgan fingerprint density at radius 3 is 2.61 bits per heavy atom. The first kappa shape index (κ1) is 19.6. The Balaban J connectivity index is 1.47. The van der Waals surface area contributed by atoms with Crippen molar-refractivity contribution in [3.8, 4) is 0 Å². The number of benzene rings is 1. The predicted octanol–water partition coefficient (Wildman–Crippen LogP) is 5.21. The zero-order valence-electron chi connectivity index (χ0n) is 16.8. The number of ether oxygens (including phenoxy) is 2. The van der Waals surface area contributed by atoms with E-state index in [4.69, 9.17) is 21.1 Å². The number of likely N-dealkylation sites (tertiary alicyclic amines) is 1. The Morgan fingerprint density at radius 1 is 1.29 bits per heavy atom. The molecule has 0 saturated carbocycles. The summed E-state index contributed by atoms with van der Waals surface area (Å²) in [6.45, 7) is 8.65. The second-order valence-corrected chi connectivity index (χ2v) is 9.46. The summed E-state index contributed by atoms with van der Waals surface area (Å²) in [5.41, 5.74) is 3.18. The highest BCUT2D eigenvalue weighted by Gasteiger charge is 2.30. The molecule has 0 aliphatic carbocycles. The minimum Gasteiger partial charge on any atom is -0.444 e. The second-order valence-electron chi connectivity index (χ2n) is 8.99. The van der Waals surface area contributed by atoms with Gasteiger partial charge in [0.25, 0.3) is 0 Å². The van der Waals surface area contributed by atoms with E-state index in [1.165, 1.54) is 10.9 Å². The van der Waals surface area contributed by atoms with Crippen molar-refractivity contribution in [2.45, 2.75) is 50.5 Å². The van der Waals surface area contributed by atoms with Gasteiger partial charge in [-0.25, -0.2) is 4.79 Å². The molecule has 1 aromatic heterocycles. The first-order chi connectivity index (χ1) is 13.3. The second kappa shape index (κ2) is 7.60. The van der Waals surface area contributed by atoms with Gasteiger partial charge in [-0.05, 0) is 62.8 Å². The van der Waals surface area contributed by atoms with Crippen LogP contribution in [0, 0.1) is 5.92 Å². The molecule has 1 N–H and O–H groups in total. The lowest BCUT2D eigenvalue weighted by Crippen LogP contribution is -2.41. The SMILES string of the molecule is CC(C)(C)OC(=O)N1CCC(c2c[nH]c3ccc([C@@H](Cl)C4COC4)cc23)CC1. The number of aromatic nitrogens is 1. The average Bonchev–Trinajstić information content (AvgIpc) is 3.02. The summed E-state index contributed by atoms with van der Waals surface area (Å²) in [5.74, 6) is 0.835. The van der Waals surface area contributed by atoms with Gasteiger partial charge in [0.2, 0.25) is 0 Å². The monoisotopic (exact) mass is 404 g/mol. The molecule has 152 valence electrons. The normalized spacial score (nSPS) is 20.2. The van der Waals surface area contributed by atoms with Crippen molar-refractivity contribution < 1.29 is 14.3 Å². The molecule has 0 bridgehead atoms. The number of halogens is 1. The number of hydrogen-bond acceptors (Lipinski definition) is 3. The predicted molar refractivity (Wildman–Crippen MR) is 111 cm³/mol. The van der Waals surface area contributed by atoms with Gasteiger partial charge in [0.1, 0.15) is 5.60 Å². The van der Waals surface area contributed by atoms with Crippen molar-refractivity contribution in [1.82, 2.24) is 9.88 Å². The third-order valence-corrected chi connectivity index (χ3v) is 6.33. The molecule has 1 atom stereocenters. The highest BCUT2D eigenvalue weighted by molar-refractivity contribution is 6.21. The van der Waals surface area contributed by atoms with E-state index in [1.807, 2.05) is 25.7 Å². The van der Waals surface area contributed by atoms with Crippen LogP contribution in [-0.4, -0.2) is 47.9 Å². The minimum absolute atomic E-state index is 0.00471. The highest BCUT2D eigenvalue weighted by atomic mass is 35.5. The zero-order chi connectivity index (χ0) is 19.9. The molecule has 0 spiro atoms. The Kier molecular flexibility index (Phi) is 5.32. The molecule has 2 aromatic rings. The van der Waals surface area contributed by atoms with E-state index >= 15 is 0 Å². The fourth-order valence-corrected chi connectivity index (χ4v) is 4.34. The zero-order valence-corrected chi connectivity index (χ0v) is 17.6. The number of amides is 1. The van der Waals surface area contributed by atoms with E-state index in [1.54, 1.807) is 0 Å². The summed E-state index contributed by atoms with van der Waals surface area (Å²) in [6.07, 6.45) is 3.80. The molecule has 0 unspecified atom stereocenters. The average molecular weight is 405 g/mol. The fourth-order valence-electron chi connectivity index (χ4n) is 4.06. The molecule has 2 fully saturated rings. The molecule has 0 radical (unpaired) electrons. The van der Waals surface area contributed by atoms with Gasteiger partial charge in [-0.3, -0.25) is 0 Å². The number of rotatable bonds is 3. The molecule has 2 aliphatic heterocycles. The summed E-state index contributed by atoms with van der Waals surface area (Å²) < 4.78 is 10.8. The highest BCUT2D eigenvalue weighted by Crippen LogP contribution is 2.38. The Hall–Kier alpha value is -1.72. The molecule has 4 rings (SSSR count). The number of nitrogens with zero attached hydrogens (tertiary/aromatic N) is 1. The van der Waals surface area contributed by atoms with E-state index in [-0.39, 0.29) is 11.5 Å². The summed E-state index contributed by atoms with van der Waals surface area (Å²) in [4.78, 5) is 17.5. The third-order valence-electron chi connectivity index (χ3n) is 5.72. The molecule has 1 amide bonds. The minimum atomic E-state index is -0.454. The number of fused-ring (bicyclic) bond motifs is 1. The molecule has 3 heterocycles. The molecule has 1 aromatic carbocycles. The number of nitrogens with one attached hydrogen (secondary N) is 1. The lowest BCUT2D eigenvalue weighted by molar-refractivity contribution is -0.0337. The van der Waals surface area contributed by atoms with Crippen molar-refractivity contribution in [3.05, 3.63) is 35.5 Å². The van der Waals surface area contributed by atoms with Gasteiger partial charge in [0.05, 0.1) is 18.6 Å². The van der Waals surface area contributed by atoms with Crippen molar-refractivity contribution in [1.29, 1.82) is 0 Å². The standard InChI is InChI=1S/C22H29ClN2O3/c1-22(2,3)28-21(26)25-8-6-14(7-9-25)18-11-24-19-5-4-15(10-17(18)19)20(23)16-12-27-13-16/h4-5,10-11,14,16,20,24H,6-9,12-13H2,1-3H3/t20-/m1/s1. The smallest absolute Gasteiger partial charge is 0.410 e. The Bertz CT molecular complexity index is 845. The Morgan fingerprint density at radius 2 is 2.00 bits per heavy atom. The topological polar surface area (TPSA) is 54.6 Å². The maximum atomic E-state index is 12.3. The molecule has 28 heavy (non-hydrogen) atoms. The van der Waals surface area contributed by atoms with Gasteiger partial charge >= 0.3 is 6.09 Å². The number of alkyl halides is 1. The molecular weight excluding hydrogens is 376 g/mol. The van der Waals surface area contributed by atoms with Crippen molar-refractivity contribution in [3.63, 3.8) is 0 Å². The lowest BCUT2D eigenvalue weighted by Gasteiger charge is -2.33. The number of hydrogen-bond donors (Lipinski definition) is 1. The van der Waals surface area contributed by atoms with Crippen LogP contribution in [0.2, 0.25) is 0 Å². The molecule has 5 nitrogen and oxygen atoms in total. The van der Waals surface area contributed by atoms with Gasteiger partial charge < -0.3 is 19.4 Å². The first-order valence-electron chi connectivity index (χ1n) is 10.1. The molecule has 2 saturated heterocycles. The number of carbonyl (C=O) groups is 1. The van der Waals surface area contributed by atoms with Crippen LogP contribution in [0.5, 0.6) is 0 Å². The molecule has 2 aliphatic rings. The number of carbonyl (C=O) groups excluding carboxylic acids is 1. The first-order valence-corrected chi connectivity index (χ1v) is 10.6. The number of H-pyrrole nitrogens is 1. The van der Waals surface area contributed by atoms with Crippen molar-refractivity contribution in [2.24, 2.45) is 5.92 Å². The van der Waals surface area contributed by atoms with Crippen molar-refractivity contribution >= 4 is 28.6 Å². The van der Waals surface area contributed by atoms with Gasteiger partial charge in [0, 0.05) is 36.1 Å². The molecular formula is C22H29ClN2O3. The largest absolute Gasteiger partial charge is 0.444 e. The lowest BCUT2D eigenvalue weighted by atomic mass is 9.88. The van der Waals surface area contributed by atoms with Gasteiger partial charge in [-0.1, -0.05) is 6.07 Å². The van der Waals surface area contributed by atoms with Crippen LogP contribution in [0.1, 0.15) is 56.0 Å². The van der Waals surface area contributed by atoms with Crippen LogP contribution >= 0.6 is 11.6 Å². The number of piperidine rings is 1. The summed E-state index contributed by atoms with van der Waals surface area (Å²) >= 11 is 6.67. The van der Waals surface area contributed by atoms with E-state index in [0.29, 0.717) is 11.8 Å². The summed E-state index contributed by atoms with van der Waals surface area (Å²) in [7, 11) is 0. The van der Waals surface area contributed by atoms with Gasteiger partial charge in [-0.2, -0.15) is 0 Å². The maximum Gasteiger partial charge on any atom is 0.410 e. The fraction of sp³-hybridized carbons (Fsp3) is 0.591. The molecule has 6 heteroatoms. The third kappa shape index (κ3) is 4.01. The van der Waals surface area contributed by atoms with Crippen molar-refractivity contribution in [2.75, 3.05) is 26.3 Å². The van der Waals surface area contributed by atoms with Crippen LogP contribution in [-0.2, 0) is 9.47 Å². The van der Waals surface area contributed by atoms with E-state index in [0.717, 1.165) is 50.2 Å². The Labute approximate surface area is 171 Å². The summed E-state index contributed by atoms with van der Waals surface area (Å²) in [6, 6.07) is 6.47. The van der Waals surface area contributed by atoms with Gasteiger partial charge in [0.15, 0.2) is 0 Å². The van der Waals surface area contributed by atoms with Crippen LogP contribution in [0.3, 0.4) is 0 Å². The van der Waals surface area contributed by atoms with Crippen LogP contribution in [0.15, 0.2) is 24.4 Å². The quantitative estimate of drug-likeness (QED) is 0.714. The maximum absolute atomic E-state index is 12.3. The van der Waals surface area contributed by atoms with E-state index < -0.39 is 5.60 Å². The summed E-state index contributed by atoms with van der Waals surface area (Å²) in [5, 5.41) is 1.24. The van der Waals surface area contributed by atoms with Gasteiger partial charge in [-0.15, -0.1) is 11.6 Å². The van der Waals surface area contributed by atoms with E-state index in [2.05, 4.69) is 29.4 Å². The van der Waals surface area contributed by atoms with Crippen LogP contribution < -0.4 is 0 Å². The van der Waals surface area contributed by atoms with Crippen LogP contribution in [0.25, 0.3) is 10.9 Å². The van der Waals surface area contributed by atoms with E-state index in [9.17, 15) is 4.79 Å². The number of aromatic amines is 1. The van der Waals surface area contributed by atoms with Crippen LogP contribution in [0.4, 0.5) is 4.79 Å².